The molecule has 1 saturated heterocycles. The molecule has 1 atom stereocenters. The van der Waals surface area contributed by atoms with Gasteiger partial charge in [0.05, 0.1) is 11.7 Å². The van der Waals surface area contributed by atoms with E-state index in [0.717, 1.165) is 5.56 Å². The van der Waals surface area contributed by atoms with Crippen LogP contribution < -0.4 is 5.73 Å². The first kappa shape index (κ1) is 13.3. The van der Waals surface area contributed by atoms with Crippen LogP contribution in [0.2, 0.25) is 0 Å². The average molecular weight is 252 g/mol. The molecule has 0 amide bonds. The van der Waals surface area contributed by atoms with Gasteiger partial charge in [-0.3, -0.25) is 4.98 Å². The number of rotatable bonds is 4. The lowest BCUT2D eigenvalue weighted by molar-refractivity contribution is -0.151. The highest BCUT2D eigenvalue weighted by Gasteiger charge is 2.39. The molecule has 1 fully saturated rings. The number of aromatic nitrogens is 1. The van der Waals surface area contributed by atoms with E-state index in [0.29, 0.717) is 38.2 Å². The molecule has 0 spiro atoms. The Morgan fingerprint density at radius 3 is 2.89 bits per heavy atom. The Kier molecular flexibility index (Phi) is 4.16. The highest BCUT2D eigenvalue weighted by Crippen LogP contribution is 2.30. The van der Waals surface area contributed by atoms with Crippen LogP contribution in [0.1, 0.15) is 18.4 Å². The van der Waals surface area contributed by atoms with Gasteiger partial charge in [0, 0.05) is 57.7 Å². The van der Waals surface area contributed by atoms with Crippen molar-refractivity contribution in [3.8, 4) is 0 Å². The molecule has 3 N–H and O–H groups in total. The molecule has 0 aromatic carbocycles. The van der Waals surface area contributed by atoms with Gasteiger partial charge in [-0.25, -0.2) is 0 Å². The number of nitrogen functional groups attached to an aromatic ring is 1. The van der Waals surface area contributed by atoms with Crippen molar-refractivity contribution in [3.63, 3.8) is 0 Å². The molecule has 18 heavy (non-hydrogen) atoms. The molecule has 1 aromatic heterocycles. The van der Waals surface area contributed by atoms with Crippen LogP contribution in [-0.4, -0.2) is 42.1 Å². The van der Waals surface area contributed by atoms with Crippen LogP contribution in [0, 0.1) is 0 Å². The molecule has 5 nitrogen and oxygen atoms in total. The maximum absolute atomic E-state index is 10.4. The summed E-state index contributed by atoms with van der Waals surface area (Å²) in [6, 6.07) is 1.74. The minimum atomic E-state index is -0.599. The summed E-state index contributed by atoms with van der Waals surface area (Å²) in [4.78, 5) is 4.04. The number of hydrogen-bond acceptors (Lipinski definition) is 5. The standard InChI is InChI=1S/C13H20N2O3/c1-17-13(3-6-18-7-4-13)12(16)8-10-9-15-5-2-11(10)14/h2,5,9,12,16H,3-4,6-8H2,1H3,(H2,14,15). The number of hydrogen-bond donors (Lipinski definition) is 2. The average Bonchev–Trinajstić information content (AvgIpc) is 2.42. The van der Waals surface area contributed by atoms with Crippen LogP contribution in [0.4, 0.5) is 5.69 Å². The smallest absolute Gasteiger partial charge is 0.0983 e. The zero-order valence-electron chi connectivity index (χ0n) is 10.6. The number of ether oxygens (including phenoxy) is 2. The van der Waals surface area contributed by atoms with Crippen LogP contribution in [0.15, 0.2) is 18.5 Å². The molecule has 5 heteroatoms. The first-order valence-corrected chi connectivity index (χ1v) is 6.17. The molecule has 0 aliphatic carbocycles. The van der Waals surface area contributed by atoms with Crippen LogP contribution in [0.3, 0.4) is 0 Å². The largest absolute Gasteiger partial charge is 0.398 e. The predicted molar refractivity (Wildman–Crippen MR) is 68.2 cm³/mol. The van der Waals surface area contributed by atoms with Crippen molar-refractivity contribution in [3.05, 3.63) is 24.0 Å². The second-order valence-corrected chi connectivity index (χ2v) is 4.68. The number of nitrogens with zero attached hydrogens (tertiary/aromatic N) is 1. The van der Waals surface area contributed by atoms with E-state index in [1.54, 1.807) is 25.6 Å². The Balaban J connectivity index is 2.10. The van der Waals surface area contributed by atoms with Crippen molar-refractivity contribution in [2.45, 2.75) is 31.0 Å². The fourth-order valence-corrected chi connectivity index (χ4v) is 2.39. The fourth-order valence-electron chi connectivity index (χ4n) is 2.39. The van der Waals surface area contributed by atoms with E-state index in [1.807, 2.05) is 0 Å². The third kappa shape index (κ3) is 2.63. The fraction of sp³-hybridized carbons (Fsp3) is 0.615. The van der Waals surface area contributed by atoms with Gasteiger partial charge in [0.1, 0.15) is 0 Å². The Hall–Kier alpha value is -1.17. The highest BCUT2D eigenvalue weighted by atomic mass is 16.5. The van der Waals surface area contributed by atoms with Gasteiger partial charge in [-0.05, 0) is 11.6 Å². The lowest BCUT2D eigenvalue weighted by Gasteiger charge is -2.39. The monoisotopic (exact) mass is 252 g/mol. The van der Waals surface area contributed by atoms with Crippen LogP contribution in [-0.2, 0) is 15.9 Å². The summed E-state index contributed by atoms with van der Waals surface area (Å²) < 4.78 is 10.9. The summed E-state index contributed by atoms with van der Waals surface area (Å²) >= 11 is 0. The molecule has 0 radical (unpaired) electrons. The second kappa shape index (κ2) is 5.65. The summed E-state index contributed by atoms with van der Waals surface area (Å²) in [7, 11) is 1.64. The maximum Gasteiger partial charge on any atom is 0.0983 e. The Bertz CT molecular complexity index is 392. The van der Waals surface area contributed by atoms with Crippen molar-refractivity contribution >= 4 is 5.69 Å². The molecule has 0 bridgehead atoms. The molecule has 2 rings (SSSR count). The number of anilines is 1. The Morgan fingerprint density at radius 2 is 2.28 bits per heavy atom. The van der Waals surface area contributed by atoms with E-state index in [-0.39, 0.29) is 0 Å². The van der Waals surface area contributed by atoms with Crippen LogP contribution in [0.25, 0.3) is 0 Å². The number of methoxy groups -OCH3 is 1. The lowest BCUT2D eigenvalue weighted by Crippen LogP contribution is -2.49. The van der Waals surface area contributed by atoms with Crippen molar-refractivity contribution in [2.24, 2.45) is 0 Å². The summed E-state index contributed by atoms with van der Waals surface area (Å²) in [5.41, 5.74) is 6.85. The lowest BCUT2D eigenvalue weighted by atomic mass is 9.85. The summed E-state index contributed by atoms with van der Waals surface area (Å²) in [5.74, 6) is 0. The molecular weight excluding hydrogens is 232 g/mol. The molecule has 1 unspecified atom stereocenters. The molecule has 2 heterocycles. The van der Waals surface area contributed by atoms with Crippen LogP contribution in [0.5, 0.6) is 0 Å². The van der Waals surface area contributed by atoms with Crippen molar-refractivity contribution in [1.82, 2.24) is 4.98 Å². The zero-order valence-corrected chi connectivity index (χ0v) is 10.6. The van der Waals surface area contributed by atoms with Gasteiger partial charge >= 0.3 is 0 Å². The van der Waals surface area contributed by atoms with Gasteiger partial charge < -0.3 is 20.3 Å². The SMILES string of the molecule is COC1(C(O)Cc2cnccc2N)CCOCC1. The topological polar surface area (TPSA) is 77.6 Å². The van der Waals surface area contributed by atoms with E-state index in [2.05, 4.69) is 4.98 Å². The van der Waals surface area contributed by atoms with Crippen molar-refractivity contribution in [1.29, 1.82) is 0 Å². The molecule has 1 aliphatic heterocycles. The molecule has 100 valence electrons. The van der Waals surface area contributed by atoms with Crippen molar-refractivity contribution < 1.29 is 14.6 Å². The summed E-state index contributed by atoms with van der Waals surface area (Å²) in [6.45, 7) is 1.24. The minimum Gasteiger partial charge on any atom is -0.398 e. The highest BCUT2D eigenvalue weighted by molar-refractivity contribution is 5.44. The third-order valence-corrected chi connectivity index (χ3v) is 3.71. The second-order valence-electron chi connectivity index (χ2n) is 4.68. The Labute approximate surface area is 107 Å². The summed E-state index contributed by atoms with van der Waals surface area (Å²) in [5, 5.41) is 10.4. The number of aliphatic hydroxyl groups is 1. The maximum atomic E-state index is 10.4. The van der Waals surface area contributed by atoms with Gasteiger partial charge in [0.2, 0.25) is 0 Å². The number of nitrogens with two attached hydrogens (primary N) is 1. The first-order valence-electron chi connectivity index (χ1n) is 6.17. The van der Waals surface area contributed by atoms with Gasteiger partial charge in [-0.1, -0.05) is 0 Å². The Morgan fingerprint density at radius 1 is 1.56 bits per heavy atom. The molecule has 1 aliphatic rings. The number of pyridine rings is 1. The summed E-state index contributed by atoms with van der Waals surface area (Å²) in [6.07, 6.45) is 4.59. The quantitative estimate of drug-likeness (QED) is 0.827. The predicted octanol–water partition coefficient (Wildman–Crippen LogP) is 0.763. The minimum absolute atomic E-state index is 0.452. The van der Waals surface area contributed by atoms with Gasteiger partial charge in [-0.15, -0.1) is 0 Å². The van der Waals surface area contributed by atoms with Crippen LogP contribution >= 0.6 is 0 Å². The molecule has 0 saturated carbocycles. The van der Waals surface area contributed by atoms with E-state index >= 15 is 0 Å². The molecule has 1 aromatic rings. The first-order chi connectivity index (χ1) is 8.68. The van der Waals surface area contributed by atoms with Gasteiger partial charge in [0.25, 0.3) is 0 Å². The zero-order chi connectivity index (χ0) is 13.0. The van der Waals surface area contributed by atoms with E-state index in [1.165, 1.54) is 0 Å². The van der Waals surface area contributed by atoms with E-state index in [4.69, 9.17) is 15.2 Å². The van der Waals surface area contributed by atoms with Gasteiger partial charge in [-0.2, -0.15) is 0 Å². The molecular formula is C13H20N2O3. The number of aliphatic hydroxyl groups excluding tert-OH is 1. The van der Waals surface area contributed by atoms with E-state index < -0.39 is 11.7 Å². The van der Waals surface area contributed by atoms with Gasteiger partial charge in [0.15, 0.2) is 0 Å². The normalized spacial score (nSPS) is 20.6. The van der Waals surface area contributed by atoms with E-state index in [9.17, 15) is 5.11 Å². The third-order valence-electron chi connectivity index (χ3n) is 3.71. The van der Waals surface area contributed by atoms with Crippen molar-refractivity contribution in [2.75, 3.05) is 26.1 Å².